The molecular formula is C16H24N2O. The van der Waals surface area contributed by atoms with Crippen LogP contribution in [-0.4, -0.2) is 38.0 Å². The molecule has 1 aromatic carbocycles. The number of hydrogen-bond donors (Lipinski definition) is 0. The molecule has 0 spiro atoms. The number of anilines is 1. The van der Waals surface area contributed by atoms with Crippen molar-refractivity contribution in [3.63, 3.8) is 0 Å². The number of benzene rings is 1. The summed E-state index contributed by atoms with van der Waals surface area (Å²) >= 11 is 0. The summed E-state index contributed by atoms with van der Waals surface area (Å²) in [5, 5.41) is 0. The van der Waals surface area contributed by atoms with Crippen molar-refractivity contribution in [2.24, 2.45) is 5.92 Å². The first-order valence-corrected chi connectivity index (χ1v) is 7.08. The lowest BCUT2D eigenvalue weighted by Gasteiger charge is -2.31. The molecule has 1 fully saturated rings. The van der Waals surface area contributed by atoms with E-state index in [9.17, 15) is 4.79 Å². The number of carbonyl (C=O) groups is 1. The Kier molecular flexibility index (Phi) is 4.46. The molecular weight excluding hydrogens is 236 g/mol. The smallest absolute Gasteiger partial charge is 0.219 e. The quantitative estimate of drug-likeness (QED) is 0.834. The van der Waals surface area contributed by atoms with Crippen LogP contribution in [0.25, 0.3) is 0 Å². The number of likely N-dealkylation sites (tertiary alicyclic amines) is 1. The molecule has 0 atom stereocenters. The Morgan fingerprint density at radius 3 is 2.26 bits per heavy atom. The van der Waals surface area contributed by atoms with E-state index >= 15 is 0 Å². The molecule has 0 bridgehead atoms. The van der Waals surface area contributed by atoms with Crippen LogP contribution in [0.5, 0.6) is 0 Å². The molecule has 3 heteroatoms. The van der Waals surface area contributed by atoms with Crippen molar-refractivity contribution in [3.05, 3.63) is 29.8 Å². The Morgan fingerprint density at radius 2 is 1.79 bits per heavy atom. The van der Waals surface area contributed by atoms with Gasteiger partial charge in [0.1, 0.15) is 0 Å². The Labute approximate surface area is 116 Å². The van der Waals surface area contributed by atoms with Crippen LogP contribution in [0.2, 0.25) is 0 Å². The molecule has 1 amide bonds. The zero-order valence-electron chi connectivity index (χ0n) is 12.2. The van der Waals surface area contributed by atoms with E-state index in [4.69, 9.17) is 0 Å². The average molecular weight is 260 g/mol. The normalized spacial score (nSPS) is 16.5. The first kappa shape index (κ1) is 13.9. The van der Waals surface area contributed by atoms with E-state index in [2.05, 4.69) is 43.3 Å². The van der Waals surface area contributed by atoms with E-state index in [0.717, 1.165) is 38.3 Å². The second-order valence-corrected chi connectivity index (χ2v) is 5.71. The van der Waals surface area contributed by atoms with Crippen molar-refractivity contribution >= 4 is 11.6 Å². The van der Waals surface area contributed by atoms with Gasteiger partial charge in [0.05, 0.1) is 0 Å². The van der Waals surface area contributed by atoms with Crippen molar-refractivity contribution in [1.82, 2.24) is 4.90 Å². The van der Waals surface area contributed by atoms with Crippen molar-refractivity contribution < 1.29 is 4.79 Å². The minimum atomic E-state index is 0.216. The Hall–Kier alpha value is -1.51. The summed E-state index contributed by atoms with van der Waals surface area (Å²) < 4.78 is 0. The first-order valence-electron chi connectivity index (χ1n) is 7.08. The highest BCUT2D eigenvalue weighted by molar-refractivity contribution is 5.73. The third-order valence-electron chi connectivity index (χ3n) is 4.04. The van der Waals surface area contributed by atoms with E-state index in [-0.39, 0.29) is 5.91 Å². The molecule has 1 aliphatic heterocycles. The average Bonchev–Trinajstić information content (AvgIpc) is 2.40. The van der Waals surface area contributed by atoms with Crippen LogP contribution in [0.1, 0.15) is 25.3 Å². The minimum Gasteiger partial charge on any atom is -0.378 e. The summed E-state index contributed by atoms with van der Waals surface area (Å²) in [6.07, 6.45) is 3.41. The van der Waals surface area contributed by atoms with Gasteiger partial charge >= 0.3 is 0 Å². The third kappa shape index (κ3) is 3.72. The van der Waals surface area contributed by atoms with E-state index < -0.39 is 0 Å². The fraction of sp³-hybridized carbons (Fsp3) is 0.562. The molecule has 104 valence electrons. The lowest BCUT2D eigenvalue weighted by atomic mass is 9.90. The van der Waals surface area contributed by atoms with Gasteiger partial charge in [-0.15, -0.1) is 0 Å². The maximum absolute atomic E-state index is 11.3. The van der Waals surface area contributed by atoms with Gasteiger partial charge in [-0.25, -0.2) is 0 Å². The highest BCUT2D eigenvalue weighted by atomic mass is 16.2. The van der Waals surface area contributed by atoms with Crippen LogP contribution in [0, 0.1) is 5.92 Å². The van der Waals surface area contributed by atoms with Gasteiger partial charge in [-0.3, -0.25) is 4.79 Å². The molecule has 19 heavy (non-hydrogen) atoms. The summed E-state index contributed by atoms with van der Waals surface area (Å²) in [6, 6.07) is 8.82. The lowest BCUT2D eigenvalue weighted by Crippen LogP contribution is -2.37. The molecule has 0 aliphatic carbocycles. The predicted molar refractivity (Wildman–Crippen MR) is 79.5 cm³/mol. The SMILES string of the molecule is CC(=O)N1CCC(Cc2ccc(N(C)C)cc2)CC1. The fourth-order valence-corrected chi connectivity index (χ4v) is 2.72. The molecule has 1 saturated heterocycles. The van der Waals surface area contributed by atoms with Gasteiger partial charge in [0.25, 0.3) is 0 Å². The van der Waals surface area contributed by atoms with Gasteiger partial charge in [0.2, 0.25) is 5.91 Å². The molecule has 1 aliphatic rings. The summed E-state index contributed by atoms with van der Waals surface area (Å²) in [5.41, 5.74) is 2.65. The van der Waals surface area contributed by atoms with Crippen molar-refractivity contribution in [2.45, 2.75) is 26.2 Å². The van der Waals surface area contributed by atoms with Crippen molar-refractivity contribution in [1.29, 1.82) is 0 Å². The molecule has 1 aromatic rings. The highest BCUT2D eigenvalue weighted by Crippen LogP contribution is 2.23. The van der Waals surface area contributed by atoms with Crippen LogP contribution in [-0.2, 0) is 11.2 Å². The lowest BCUT2D eigenvalue weighted by molar-refractivity contribution is -0.130. The number of carbonyl (C=O) groups excluding carboxylic acids is 1. The maximum atomic E-state index is 11.3. The highest BCUT2D eigenvalue weighted by Gasteiger charge is 2.20. The predicted octanol–water partition coefficient (Wildman–Crippen LogP) is 2.55. The van der Waals surface area contributed by atoms with E-state index in [1.165, 1.54) is 11.3 Å². The van der Waals surface area contributed by atoms with Crippen LogP contribution in [0.15, 0.2) is 24.3 Å². The molecule has 2 rings (SSSR count). The van der Waals surface area contributed by atoms with Gasteiger partial charge in [-0.2, -0.15) is 0 Å². The van der Waals surface area contributed by atoms with E-state index in [1.54, 1.807) is 6.92 Å². The van der Waals surface area contributed by atoms with Gasteiger partial charge in [0.15, 0.2) is 0 Å². The fourth-order valence-electron chi connectivity index (χ4n) is 2.72. The maximum Gasteiger partial charge on any atom is 0.219 e. The van der Waals surface area contributed by atoms with Gasteiger partial charge in [-0.05, 0) is 42.9 Å². The molecule has 0 unspecified atom stereocenters. The number of nitrogens with zero attached hydrogens (tertiary/aromatic N) is 2. The zero-order chi connectivity index (χ0) is 13.8. The van der Waals surface area contributed by atoms with Gasteiger partial charge < -0.3 is 9.80 Å². The van der Waals surface area contributed by atoms with Crippen LogP contribution >= 0.6 is 0 Å². The monoisotopic (exact) mass is 260 g/mol. The van der Waals surface area contributed by atoms with Gasteiger partial charge in [0, 0.05) is 39.8 Å². The molecule has 0 radical (unpaired) electrons. The Morgan fingerprint density at radius 1 is 1.21 bits per heavy atom. The number of amides is 1. The molecule has 0 N–H and O–H groups in total. The van der Waals surface area contributed by atoms with Gasteiger partial charge in [-0.1, -0.05) is 12.1 Å². The summed E-state index contributed by atoms with van der Waals surface area (Å²) in [6.45, 7) is 3.52. The van der Waals surface area contributed by atoms with Crippen LogP contribution in [0.3, 0.4) is 0 Å². The molecule has 3 nitrogen and oxygen atoms in total. The second-order valence-electron chi connectivity index (χ2n) is 5.71. The topological polar surface area (TPSA) is 23.6 Å². The molecule has 1 heterocycles. The summed E-state index contributed by atoms with van der Waals surface area (Å²) in [7, 11) is 4.12. The third-order valence-corrected chi connectivity index (χ3v) is 4.04. The molecule has 0 saturated carbocycles. The van der Waals surface area contributed by atoms with Crippen LogP contribution < -0.4 is 4.90 Å². The second kappa shape index (κ2) is 6.09. The zero-order valence-corrected chi connectivity index (χ0v) is 12.2. The van der Waals surface area contributed by atoms with E-state index in [1.807, 2.05) is 4.90 Å². The van der Waals surface area contributed by atoms with Crippen LogP contribution in [0.4, 0.5) is 5.69 Å². The Balaban J connectivity index is 1.87. The number of rotatable bonds is 3. The minimum absolute atomic E-state index is 0.216. The summed E-state index contributed by atoms with van der Waals surface area (Å²) in [5.74, 6) is 0.939. The molecule has 0 aromatic heterocycles. The standard InChI is InChI=1S/C16H24N2O/c1-13(19)18-10-8-15(9-11-18)12-14-4-6-16(7-5-14)17(2)3/h4-7,15H,8-12H2,1-3H3. The summed E-state index contributed by atoms with van der Waals surface area (Å²) in [4.78, 5) is 15.4. The first-order chi connectivity index (χ1) is 9.06. The van der Waals surface area contributed by atoms with Crippen molar-refractivity contribution in [3.8, 4) is 0 Å². The number of hydrogen-bond acceptors (Lipinski definition) is 2. The number of piperidine rings is 1. The largest absolute Gasteiger partial charge is 0.378 e. The van der Waals surface area contributed by atoms with Crippen molar-refractivity contribution in [2.75, 3.05) is 32.1 Å². The van der Waals surface area contributed by atoms with E-state index in [0.29, 0.717) is 0 Å². The Bertz CT molecular complexity index is 417.